The van der Waals surface area contributed by atoms with Gasteiger partial charge < -0.3 is 19.9 Å². The summed E-state index contributed by atoms with van der Waals surface area (Å²) in [6.45, 7) is 8.34. The molecule has 1 atom stereocenters. The van der Waals surface area contributed by atoms with Crippen LogP contribution in [0.1, 0.15) is 23.6 Å². The van der Waals surface area contributed by atoms with Crippen LogP contribution < -0.4 is 10.1 Å². The lowest BCUT2D eigenvalue weighted by atomic mass is 9.90. The molecule has 0 saturated carbocycles. The molecule has 0 spiro atoms. The van der Waals surface area contributed by atoms with E-state index in [0.29, 0.717) is 6.54 Å². The normalized spacial score (nSPS) is 15.9. The topological polar surface area (TPSA) is 54.0 Å². The molecule has 1 unspecified atom stereocenters. The quantitative estimate of drug-likeness (QED) is 0.321. The van der Waals surface area contributed by atoms with Crippen molar-refractivity contribution in [2.75, 3.05) is 52.5 Å². The van der Waals surface area contributed by atoms with Gasteiger partial charge in [-0.1, -0.05) is 72.8 Å². The van der Waals surface area contributed by atoms with Gasteiger partial charge in [0.1, 0.15) is 18.5 Å². The number of aliphatic hydroxyl groups is 1. The minimum absolute atomic E-state index is 0.258. The highest BCUT2D eigenvalue weighted by Crippen LogP contribution is 2.32. The van der Waals surface area contributed by atoms with Gasteiger partial charge in [0.2, 0.25) is 0 Å². The van der Waals surface area contributed by atoms with Crippen molar-refractivity contribution in [1.82, 2.24) is 10.2 Å². The summed E-state index contributed by atoms with van der Waals surface area (Å²) >= 11 is 0. The van der Waals surface area contributed by atoms with Gasteiger partial charge >= 0.3 is 0 Å². The van der Waals surface area contributed by atoms with Gasteiger partial charge in [0, 0.05) is 32.7 Å². The number of aliphatic hydroxyl groups excluding tert-OH is 1. The highest BCUT2D eigenvalue weighted by molar-refractivity contribution is 5.97. The van der Waals surface area contributed by atoms with Crippen molar-refractivity contribution in [3.63, 3.8) is 0 Å². The van der Waals surface area contributed by atoms with Crippen LogP contribution in [0.2, 0.25) is 0 Å². The van der Waals surface area contributed by atoms with Gasteiger partial charge in [-0.05, 0) is 46.9 Å². The van der Waals surface area contributed by atoms with Crippen LogP contribution in [0.5, 0.6) is 5.75 Å². The maximum absolute atomic E-state index is 10.3. The average Bonchev–Trinajstić information content (AvgIpc) is 2.92. The number of nitrogens with zero attached hydrogens (tertiary/aromatic N) is 1. The molecule has 2 N–H and O–H groups in total. The van der Waals surface area contributed by atoms with Crippen LogP contribution in [0, 0.1) is 0 Å². The molecule has 4 rings (SSSR count). The van der Waals surface area contributed by atoms with Crippen molar-refractivity contribution in [3.8, 4) is 5.75 Å². The van der Waals surface area contributed by atoms with Gasteiger partial charge in [0.05, 0.1) is 13.2 Å². The first-order chi connectivity index (χ1) is 17.2. The van der Waals surface area contributed by atoms with E-state index in [1.807, 2.05) is 24.3 Å². The summed E-state index contributed by atoms with van der Waals surface area (Å²) in [5.74, 6) is 0.755. The zero-order chi connectivity index (χ0) is 24.3. The Morgan fingerprint density at radius 3 is 2.14 bits per heavy atom. The van der Waals surface area contributed by atoms with E-state index >= 15 is 0 Å². The summed E-state index contributed by atoms with van der Waals surface area (Å²) in [5, 5.41) is 13.6. The fourth-order valence-corrected chi connectivity index (χ4v) is 4.34. The highest BCUT2D eigenvalue weighted by Gasteiger charge is 2.12. The monoisotopic (exact) mass is 472 g/mol. The maximum atomic E-state index is 10.3. The molecule has 1 saturated heterocycles. The molecule has 0 bridgehead atoms. The van der Waals surface area contributed by atoms with Crippen molar-refractivity contribution >= 4 is 11.1 Å². The third-order valence-corrected chi connectivity index (χ3v) is 6.32. The third-order valence-electron chi connectivity index (χ3n) is 6.32. The Hall–Kier alpha value is -2.96. The second kappa shape index (κ2) is 13.2. The Morgan fingerprint density at radius 2 is 1.49 bits per heavy atom. The molecule has 1 heterocycles. The van der Waals surface area contributed by atoms with E-state index in [2.05, 4.69) is 77.8 Å². The summed E-state index contributed by atoms with van der Waals surface area (Å²) in [7, 11) is 0. The van der Waals surface area contributed by atoms with Crippen LogP contribution in [0.3, 0.4) is 0 Å². The predicted molar refractivity (Wildman–Crippen MR) is 143 cm³/mol. The van der Waals surface area contributed by atoms with E-state index in [9.17, 15) is 5.11 Å². The Kier molecular flexibility index (Phi) is 9.49. The summed E-state index contributed by atoms with van der Waals surface area (Å²) in [4.78, 5) is 2.37. The van der Waals surface area contributed by atoms with Gasteiger partial charge in [-0.3, -0.25) is 4.90 Å². The maximum Gasteiger partial charge on any atom is 0.119 e. The van der Waals surface area contributed by atoms with Crippen LogP contribution in [0.15, 0.2) is 84.9 Å². The van der Waals surface area contributed by atoms with Gasteiger partial charge in [0.25, 0.3) is 0 Å². The SMILES string of the molecule is C/C(=C(/c1ccccc1)c1ccc(OCC(O)CNCCN2CCOCC2)cc1)c1ccccc1. The van der Waals surface area contributed by atoms with Gasteiger partial charge in [-0.15, -0.1) is 0 Å². The molecular weight excluding hydrogens is 436 g/mol. The number of rotatable bonds is 11. The molecule has 0 radical (unpaired) electrons. The number of ether oxygens (including phenoxy) is 2. The standard InChI is InChI=1S/C30H36N2O3/c1-24(25-8-4-2-5-9-25)30(26-10-6-3-7-11-26)27-12-14-29(15-13-27)35-23-28(33)22-31-16-17-32-18-20-34-21-19-32/h2-15,28,31,33H,16-23H2,1H3/b30-24+. The second-order valence-electron chi connectivity index (χ2n) is 8.88. The van der Waals surface area contributed by atoms with E-state index in [0.717, 1.165) is 50.7 Å². The van der Waals surface area contributed by atoms with Crippen molar-refractivity contribution in [2.45, 2.75) is 13.0 Å². The second-order valence-corrected chi connectivity index (χ2v) is 8.88. The summed E-state index contributed by atoms with van der Waals surface area (Å²) in [5.41, 5.74) is 5.95. The van der Waals surface area contributed by atoms with Gasteiger partial charge in [-0.2, -0.15) is 0 Å². The Balaban J connectivity index is 1.34. The Labute approximate surface area is 209 Å². The van der Waals surface area contributed by atoms with Crippen molar-refractivity contribution in [3.05, 3.63) is 102 Å². The first kappa shape index (κ1) is 25.1. The van der Waals surface area contributed by atoms with Gasteiger partial charge in [-0.25, -0.2) is 0 Å². The molecule has 184 valence electrons. The first-order valence-corrected chi connectivity index (χ1v) is 12.4. The molecule has 5 heteroatoms. The van der Waals surface area contributed by atoms with Crippen molar-refractivity contribution in [1.29, 1.82) is 0 Å². The van der Waals surface area contributed by atoms with E-state index in [4.69, 9.17) is 9.47 Å². The van der Waals surface area contributed by atoms with Crippen LogP contribution in [0.25, 0.3) is 11.1 Å². The number of nitrogens with one attached hydrogen (secondary N) is 1. The smallest absolute Gasteiger partial charge is 0.119 e. The first-order valence-electron chi connectivity index (χ1n) is 12.4. The molecule has 3 aromatic carbocycles. The number of benzene rings is 3. The number of hydrogen-bond acceptors (Lipinski definition) is 5. The zero-order valence-corrected chi connectivity index (χ0v) is 20.5. The van der Waals surface area contributed by atoms with Crippen molar-refractivity contribution in [2.24, 2.45) is 0 Å². The zero-order valence-electron chi connectivity index (χ0n) is 20.5. The van der Waals surface area contributed by atoms with E-state index in [1.165, 1.54) is 22.3 Å². The van der Waals surface area contributed by atoms with E-state index in [1.54, 1.807) is 0 Å². The molecule has 3 aromatic rings. The summed E-state index contributed by atoms with van der Waals surface area (Å²) in [6, 6.07) is 29.1. The summed E-state index contributed by atoms with van der Waals surface area (Å²) in [6.07, 6.45) is -0.556. The van der Waals surface area contributed by atoms with Crippen molar-refractivity contribution < 1.29 is 14.6 Å². The molecule has 0 aromatic heterocycles. The van der Waals surface area contributed by atoms with E-state index in [-0.39, 0.29) is 6.61 Å². The lowest BCUT2D eigenvalue weighted by Crippen LogP contribution is -2.41. The highest BCUT2D eigenvalue weighted by atomic mass is 16.5. The molecule has 0 aliphatic carbocycles. The number of hydrogen-bond donors (Lipinski definition) is 2. The Bertz CT molecular complexity index is 1050. The lowest BCUT2D eigenvalue weighted by molar-refractivity contribution is 0.0376. The fourth-order valence-electron chi connectivity index (χ4n) is 4.34. The third kappa shape index (κ3) is 7.51. The van der Waals surface area contributed by atoms with Crippen LogP contribution >= 0.6 is 0 Å². The largest absolute Gasteiger partial charge is 0.491 e. The number of morpholine rings is 1. The molecule has 5 nitrogen and oxygen atoms in total. The molecular formula is C30H36N2O3. The molecule has 1 aliphatic rings. The minimum atomic E-state index is -0.556. The van der Waals surface area contributed by atoms with Crippen LogP contribution in [-0.4, -0.2) is 68.7 Å². The molecule has 0 amide bonds. The Morgan fingerprint density at radius 1 is 0.886 bits per heavy atom. The number of allylic oxidation sites excluding steroid dienone is 1. The van der Waals surface area contributed by atoms with E-state index < -0.39 is 6.10 Å². The molecule has 35 heavy (non-hydrogen) atoms. The molecule has 1 aliphatic heterocycles. The average molecular weight is 473 g/mol. The lowest BCUT2D eigenvalue weighted by Gasteiger charge is -2.26. The predicted octanol–water partition coefficient (Wildman–Crippen LogP) is 4.33. The minimum Gasteiger partial charge on any atom is -0.491 e. The van der Waals surface area contributed by atoms with Crippen LogP contribution in [-0.2, 0) is 4.74 Å². The van der Waals surface area contributed by atoms with Gasteiger partial charge in [0.15, 0.2) is 0 Å². The fraction of sp³-hybridized carbons (Fsp3) is 0.333. The molecule has 1 fully saturated rings. The summed E-state index contributed by atoms with van der Waals surface area (Å²) < 4.78 is 11.2. The van der Waals surface area contributed by atoms with Crippen LogP contribution in [0.4, 0.5) is 0 Å².